The van der Waals surface area contributed by atoms with Crippen LogP contribution >= 0.6 is 22.9 Å². The van der Waals surface area contributed by atoms with Crippen molar-refractivity contribution in [2.75, 3.05) is 6.54 Å². The highest BCUT2D eigenvalue weighted by atomic mass is 35.5. The van der Waals surface area contributed by atoms with E-state index in [4.69, 9.17) is 16.0 Å². The topological polar surface area (TPSA) is 76.3 Å². The summed E-state index contributed by atoms with van der Waals surface area (Å²) in [4.78, 5) is 28.4. The van der Waals surface area contributed by atoms with Gasteiger partial charge in [0.2, 0.25) is 17.7 Å². The lowest BCUT2D eigenvalue weighted by Crippen LogP contribution is -2.31. The Hall–Kier alpha value is -2.51. The second kappa shape index (κ2) is 9.80. The standard InChI is InChI=1S/C21H22ClN3O3S/c1-3-12-25(20(27)11-9-17(26)18-10-8-14(2)29-18)13-19-23-24-21(28-19)15-6-4-5-7-16(15)22/h4-8,10H,3,9,11-13H2,1-2H3. The van der Waals surface area contributed by atoms with Crippen molar-refractivity contribution in [3.63, 3.8) is 0 Å². The minimum Gasteiger partial charge on any atom is -0.419 e. The minimum absolute atomic E-state index is 0.00769. The summed E-state index contributed by atoms with van der Waals surface area (Å²) >= 11 is 7.63. The Labute approximate surface area is 178 Å². The average molecular weight is 432 g/mol. The molecule has 0 aliphatic rings. The lowest BCUT2D eigenvalue weighted by molar-refractivity contribution is -0.132. The molecule has 1 amide bonds. The van der Waals surface area contributed by atoms with Gasteiger partial charge < -0.3 is 9.32 Å². The van der Waals surface area contributed by atoms with Gasteiger partial charge in [-0.05, 0) is 37.6 Å². The SMILES string of the molecule is CCCN(Cc1nnc(-c2ccccc2Cl)o1)C(=O)CCC(=O)c1ccc(C)s1. The molecule has 0 radical (unpaired) electrons. The lowest BCUT2D eigenvalue weighted by Gasteiger charge is -2.20. The van der Waals surface area contributed by atoms with Crippen LogP contribution in [-0.4, -0.2) is 33.3 Å². The molecular weight excluding hydrogens is 410 g/mol. The molecule has 8 heteroatoms. The van der Waals surface area contributed by atoms with Crippen molar-refractivity contribution in [3.8, 4) is 11.5 Å². The third kappa shape index (κ3) is 5.52. The average Bonchev–Trinajstić information content (AvgIpc) is 3.35. The van der Waals surface area contributed by atoms with Crippen molar-refractivity contribution in [1.82, 2.24) is 15.1 Å². The molecule has 1 aromatic carbocycles. The zero-order valence-electron chi connectivity index (χ0n) is 16.4. The number of nitrogens with zero attached hydrogens (tertiary/aromatic N) is 3. The molecule has 3 aromatic rings. The number of hydrogen-bond donors (Lipinski definition) is 0. The van der Waals surface area contributed by atoms with Gasteiger partial charge in [0.05, 0.1) is 22.0 Å². The second-order valence-electron chi connectivity index (χ2n) is 6.63. The molecule has 0 bridgehead atoms. The molecule has 0 saturated heterocycles. The summed E-state index contributed by atoms with van der Waals surface area (Å²) in [7, 11) is 0. The third-order valence-corrected chi connectivity index (χ3v) is 5.70. The summed E-state index contributed by atoms with van der Waals surface area (Å²) in [5, 5.41) is 8.61. The fourth-order valence-electron chi connectivity index (χ4n) is 2.87. The molecule has 3 rings (SSSR count). The van der Waals surface area contributed by atoms with Gasteiger partial charge in [0, 0.05) is 24.3 Å². The van der Waals surface area contributed by atoms with Crippen LogP contribution in [0.15, 0.2) is 40.8 Å². The molecule has 152 valence electrons. The maximum absolute atomic E-state index is 12.7. The van der Waals surface area contributed by atoms with E-state index in [2.05, 4.69) is 10.2 Å². The Morgan fingerprint density at radius 2 is 1.93 bits per heavy atom. The number of benzene rings is 1. The second-order valence-corrected chi connectivity index (χ2v) is 8.32. The van der Waals surface area contributed by atoms with Crippen LogP contribution in [0.2, 0.25) is 5.02 Å². The summed E-state index contributed by atoms with van der Waals surface area (Å²) in [6, 6.07) is 10.9. The van der Waals surface area contributed by atoms with Gasteiger partial charge in [-0.2, -0.15) is 0 Å². The van der Waals surface area contributed by atoms with Crippen molar-refractivity contribution >= 4 is 34.6 Å². The fraction of sp³-hybridized carbons (Fsp3) is 0.333. The van der Waals surface area contributed by atoms with Gasteiger partial charge in [-0.3, -0.25) is 9.59 Å². The quantitative estimate of drug-likeness (QED) is 0.437. The monoisotopic (exact) mass is 431 g/mol. The molecule has 0 saturated carbocycles. The number of carbonyl (C=O) groups is 2. The summed E-state index contributed by atoms with van der Waals surface area (Å²) in [6.07, 6.45) is 1.13. The molecule has 2 heterocycles. The maximum atomic E-state index is 12.7. The smallest absolute Gasteiger partial charge is 0.249 e. The Balaban J connectivity index is 1.63. The molecular formula is C21H22ClN3O3S. The van der Waals surface area contributed by atoms with Crippen LogP contribution in [0.5, 0.6) is 0 Å². The number of thiophene rings is 1. The molecule has 2 aromatic heterocycles. The van der Waals surface area contributed by atoms with Gasteiger partial charge in [-0.15, -0.1) is 21.5 Å². The van der Waals surface area contributed by atoms with Gasteiger partial charge in [0.1, 0.15) is 0 Å². The van der Waals surface area contributed by atoms with Crippen LogP contribution in [0.1, 0.15) is 46.6 Å². The first-order valence-corrected chi connectivity index (χ1v) is 10.6. The first kappa shape index (κ1) is 21.2. The Kier molecular flexibility index (Phi) is 7.17. The van der Waals surface area contributed by atoms with E-state index in [9.17, 15) is 9.59 Å². The number of aryl methyl sites for hydroxylation is 1. The van der Waals surface area contributed by atoms with Crippen LogP contribution in [0.4, 0.5) is 0 Å². The Bertz CT molecular complexity index is 998. The van der Waals surface area contributed by atoms with Crippen molar-refractivity contribution < 1.29 is 14.0 Å². The number of aromatic nitrogens is 2. The first-order valence-electron chi connectivity index (χ1n) is 9.42. The number of halogens is 1. The lowest BCUT2D eigenvalue weighted by atomic mass is 10.1. The molecule has 6 nitrogen and oxygen atoms in total. The zero-order valence-corrected chi connectivity index (χ0v) is 17.9. The third-order valence-electron chi connectivity index (χ3n) is 4.32. The number of hydrogen-bond acceptors (Lipinski definition) is 6. The molecule has 0 aliphatic carbocycles. The van der Waals surface area contributed by atoms with Gasteiger partial charge >= 0.3 is 0 Å². The van der Waals surface area contributed by atoms with E-state index in [1.807, 2.05) is 38.1 Å². The molecule has 0 spiro atoms. The van der Waals surface area contributed by atoms with Gasteiger partial charge in [-0.25, -0.2) is 0 Å². The van der Waals surface area contributed by atoms with E-state index < -0.39 is 0 Å². The Morgan fingerprint density at radius 1 is 1.14 bits per heavy atom. The van der Waals surface area contributed by atoms with Gasteiger partial charge in [0.15, 0.2) is 5.78 Å². The summed E-state index contributed by atoms with van der Waals surface area (Å²) in [5.74, 6) is 0.539. The van der Waals surface area contributed by atoms with E-state index in [-0.39, 0.29) is 31.1 Å². The predicted octanol–water partition coefficient (Wildman–Crippen LogP) is 5.16. The molecule has 0 aliphatic heterocycles. The van der Waals surface area contributed by atoms with Gasteiger partial charge in [-0.1, -0.05) is 30.7 Å². The van der Waals surface area contributed by atoms with Crippen LogP contribution in [0.3, 0.4) is 0 Å². The highest BCUT2D eigenvalue weighted by Crippen LogP contribution is 2.26. The van der Waals surface area contributed by atoms with E-state index in [1.54, 1.807) is 17.0 Å². The largest absolute Gasteiger partial charge is 0.419 e. The number of carbonyl (C=O) groups excluding carboxylic acids is 2. The number of rotatable bonds is 9. The minimum atomic E-state index is -0.106. The van der Waals surface area contributed by atoms with Crippen molar-refractivity contribution in [3.05, 3.63) is 57.1 Å². The molecule has 0 unspecified atom stereocenters. The van der Waals surface area contributed by atoms with Crippen LogP contribution in [-0.2, 0) is 11.3 Å². The summed E-state index contributed by atoms with van der Waals surface area (Å²) < 4.78 is 5.71. The Morgan fingerprint density at radius 3 is 2.62 bits per heavy atom. The van der Waals surface area contributed by atoms with E-state index in [0.717, 1.165) is 11.3 Å². The van der Waals surface area contributed by atoms with Gasteiger partial charge in [0.25, 0.3) is 0 Å². The predicted molar refractivity (Wildman–Crippen MR) is 113 cm³/mol. The number of ketones is 1. The number of amides is 1. The maximum Gasteiger partial charge on any atom is 0.249 e. The van der Waals surface area contributed by atoms with Crippen molar-refractivity contribution in [2.45, 2.75) is 39.7 Å². The molecule has 0 atom stereocenters. The first-order chi connectivity index (χ1) is 14.0. The van der Waals surface area contributed by atoms with Crippen LogP contribution in [0.25, 0.3) is 11.5 Å². The summed E-state index contributed by atoms with van der Waals surface area (Å²) in [5.41, 5.74) is 0.651. The van der Waals surface area contributed by atoms with Crippen molar-refractivity contribution in [1.29, 1.82) is 0 Å². The fourth-order valence-corrected chi connectivity index (χ4v) is 3.92. The zero-order chi connectivity index (χ0) is 20.8. The van der Waals surface area contributed by atoms with E-state index in [0.29, 0.717) is 33.8 Å². The highest BCUT2D eigenvalue weighted by molar-refractivity contribution is 7.14. The van der Waals surface area contributed by atoms with Crippen LogP contribution in [0, 0.1) is 6.92 Å². The van der Waals surface area contributed by atoms with Crippen molar-refractivity contribution in [2.24, 2.45) is 0 Å². The molecule has 0 fully saturated rings. The summed E-state index contributed by atoms with van der Waals surface area (Å²) in [6.45, 7) is 4.70. The van der Waals surface area contributed by atoms with E-state index >= 15 is 0 Å². The highest BCUT2D eigenvalue weighted by Gasteiger charge is 2.19. The molecule has 0 N–H and O–H groups in total. The number of Topliss-reactive ketones (excluding diaryl/α,β-unsaturated/α-hetero) is 1. The van der Waals surface area contributed by atoms with Crippen LogP contribution < -0.4 is 0 Å². The normalized spacial score (nSPS) is 10.9. The molecule has 29 heavy (non-hydrogen) atoms. The van der Waals surface area contributed by atoms with E-state index in [1.165, 1.54) is 11.3 Å².